The molecule has 7 unspecified atom stereocenters. The molecule has 2 saturated heterocycles. The Morgan fingerprint density at radius 3 is 1.79 bits per heavy atom. The fraction of sp³-hybridized carbons (Fsp3) is 0.475. The zero-order valence-corrected chi connectivity index (χ0v) is 31.3. The second kappa shape index (κ2) is 16.2. The Kier molecular flexibility index (Phi) is 11.5. The predicted octanol–water partition coefficient (Wildman–Crippen LogP) is 0.316. The van der Waals surface area contributed by atoms with E-state index in [1.165, 1.54) is 12.1 Å². The molecule has 0 saturated carbocycles. The van der Waals surface area contributed by atoms with Crippen LogP contribution >= 0.6 is 0 Å². The van der Waals surface area contributed by atoms with Crippen LogP contribution in [0.4, 0.5) is 0 Å². The van der Waals surface area contributed by atoms with Crippen molar-refractivity contribution in [1.29, 1.82) is 0 Å². The van der Waals surface area contributed by atoms with Crippen molar-refractivity contribution in [2.24, 2.45) is 5.92 Å². The van der Waals surface area contributed by atoms with E-state index < -0.39 is 104 Å². The third kappa shape index (κ3) is 7.29. The van der Waals surface area contributed by atoms with Crippen molar-refractivity contribution in [3.63, 3.8) is 0 Å². The number of benzene rings is 3. The molecule has 4 heterocycles. The highest BCUT2D eigenvalue weighted by atomic mass is 16.7. The van der Waals surface area contributed by atoms with Gasteiger partial charge < -0.3 is 69.7 Å². The molecular weight excluding hydrogens is 748 g/mol. The maximum atomic E-state index is 13.4. The normalized spacial score (nSPS) is 31.4. The Balaban J connectivity index is 1.26. The summed E-state index contributed by atoms with van der Waals surface area (Å²) < 4.78 is 36.7. The van der Waals surface area contributed by atoms with Crippen molar-refractivity contribution in [3.8, 4) is 23.0 Å². The Morgan fingerprint density at radius 1 is 0.754 bits per heavy atom. The molecule has 1 spiro atoms. The number of nitrogens with one attached hydrogen (secondary N) is 2. The van der Waals surface area contributed by atoms with Crippen molar-refractivity contribution in [1.82, 2.24) is 10.6 Å². The van der Waals surface area contributed by atoms with Crippen molar-refractivity contribution in [3.05, 3.63) is 82.9 Å². The molecule has 17 nitrogen and oxygen atoms in total. The fourth-order valence-corrected chi connectivity index (χ4v) is 7.54. The van der Waals surface area contributed by atoms with Crippen LogP contribution in [0.3, 0.4) is 0 Å². The number of aliphatic hydroxyl groups is 6. The van der Waals surface area contributed by atoms with Gasteiger partial charge in [-0.2, -0.15) is 0 Å². The van der Waals surface area contributed by atoms with Gasteiger partial charge in [0.25, 0.3) is 0 Å². The van der Waals surface area contributed by atoms with E-state index in [2.05, 4.69) is 10.6 Å². The lowest BCUT2D eigenvalue weighted by molar-refractivity contribution is -0.244. The molecule has 7 rings (SSSR count). The third-order valence-corrected chi connectivity index (χ3v) is 10.6. The summed E-state index contributed by atoms with van der Waals surface area (Å²) >= 11 is 0. The van der Waals surface area contributed by atoms with E-state index in [1.54, 1.807) is 69.3 Å². The van der Waals surface area contributed by atoms with Gasteiger partial charge in [-0.15, -0.1) is 0 Å². The van der Waals surface area contributed by atoms with Crippen LogP contribution in [-0.2, 0) is 29.4 Å². The van der Waals surface area contributed by atoms with Gasteiger partial charge in [0, 0.05) is 41.2 Å². The Bertz CT molecular complexity index is 1990. The third-order valence-electron chi connectivity index (χ3n) is 10.6. The van der Waals surface area contributed by atoms with Crippen LogP contribution in [0.5, 0.6) is 23.0 Å². The molecule has 4 aliphatic rings. The first-order valence-corrected chi connectivity index (χ1v) is 18.8. The molecular formula is C40H46N2O15. The lowest BCUT2D eigenvalue weighted by Gasteiger charge is -2.42. The molecule has 4 aliphatic heterocycles. The second-order valence-corrected chi connectivity index (χ2v) is 14.7. The maximum Gasteiger partial charge on any atom is 0.340 e. The van der Waals surface area contributed by atoms with Crippen molar-refractivity contribution < 1.29 is 73.4 Å². The predicted molar refractivity (Wildman–Crippen MR) is 195 cm³/mol. The number of esters is 1. The summed E-state index contributed by atoms with van der Waals surface area (Å²) in [6, 6.07) is 13.8. The monoisotopic (exact) mass is 794 g/mol. The Hall–Kier alpha value is -4.85. The summed E-state index contributed by atoms with van der Waals surface area (Å²) in [5, 5.41) is 68.1. The van der Waals surface area contributed by atoms with Crippen LogP contribution in [0.25, 0.3) is 0 Å². The number of rotatable bonds is 11. The van der Waals surface area contributed by atoms with Crippen molar-refractivity contribution in [2.75, 3.05) is 13.2 Å². The van der Waals surface area contributed by atoms with E-state index in [4.69, 9.17) is 28.4 Å². The minimum Gasteiger partial charge on any atom is -0.462 e. The van der Waals surface area contributed by atoms with E-state index in [-0.39, 0.29) is 29.4 Å². The van der Waals surface area contributed by atoms with Crippen LogP contribution in [0, 0.1) is 5.92 Å². The van der Waals surface area contributed by atoms with Gasteiger partial charge >= 0.3 is 5.97 Å². The fourth-order valence-electron chi connectivity index (χ4n) is 7.54. The molecule has 0 bridgehead atoms. The molecule has 0 radical (unpaired) electrons. The number of fused-ring (bicyclic) bond motifs is 6. The first-order chi connectivity index (χ1) is 27.3. The van der Waals surface area contributed by atoms with Crippen molar-refractivity contribution in [2.45, 2.75) is 101 Å². The number of hydrogen-bond acceptors (Lipinski definition) is 15. The van der Waals surface area contributed by atoms with Gasteiger partial charge in [0.2, 0.25) is 24.4 Å². The van der Waals surface area contributed by atoms with Crippen LogP contribution in [-0.4, -0.2) is 123 Å². The van der Waals surface area contributed by atoms with Gasteiger partial charge in [-0.05, 0) is 36.8 Å². The number of ether oxygens (including phenoxy) is 6. The molecule has 8 N–H and O–H groups in total. The summed E-state index contributed by atoms with van der Waals surface area (Å²) in [6.07, 6.45) is -10.7. The summed E-state index contributed by atoms with van der Waals surface area (Å²) in [6.45, 7) is 3.81. The van der Waals surface area contributed by atoms with Crippen LogP contribution in [0.2, 0.25) is 0 Å². The first-order valence-electron chi connectivity index (χ1n) is 18.8. The lowest BCUT2D eigenvalue weighted by atomic mass is 9.77. The average Bonchev–Trinajstić information content (AvgIpc) is 3.49. The van der Waals surface area contributed by atoms with E-state index >= 15 is 0 Å². The second-order valence-electron chi connectivity index (χ2n) is 14.7. The van der Waals surface area contributed by atoms with Crippen LogP contribution < -0.4 is 24.8 Å². The van der Waals surface area contributed by atoms with E-state index in [1.807, 2.05) is 0 Å². The number of hydrogen-bond donors (Lipinski definition) is 8. The standard InChI is InChI=1S/C40H46N2O15/c1-4-7-29(45)41-30-34(48)32(46)27(16-43)55-38(30)52-19-10-12-23-25(14-19)54-26-15-20(11-13-24(26)40(23)22-9-6-5-8-21(22)37(51)57-40)53-39-31(42-36(50)18(2)3)35(49)33(47)28(17-44)56-39/h5-6,8-15,18,27-28,30-35,38-39,43-44,46-49H,4,7,16-17H2,1-3H3,(H,41,45)(H,42,50)/t27-,28?,30?,31+,32?,33?,34?,35?,38-,39-,40?/m1/s1. The minimum atomic E-state index is -1.56. The molecule has 0 aliphatic carbocycles. The SMILES string of the molecule is CCCC(=O)NC1C(O)C(O)[C@@H](CO)O[C@H]1Oc1ccc2c(c1)Oc1cc(O[C@@H]3OC(CO)C(O)C(O)[C@@H]3NC(=O)C(C)C)ccc1C21OC(=O)c2ccccc21. The summed E-state index contributed by atoms with van der Waals surface area (Å²) in [4.78, 5) is 38.8. The topological polar surface area (TPSA) is 252 Å². The van der Waals surface area contributed by atoms with E-state index in [0.29, 0.717) is 28.7 Å². The van der Waals surface area contributed by atoms with Gasteiger partial charge in [-0.3, -0.25) is 9.59 Å². The molecule has 2 fully saturated rings. The van der Waals surface area contributed by atoms with Gasteiger partial charge in [-0.1, -0.05) is 39.0 Å². The molecule has 3 aromatic rings. The first kappa shape index (κ1) is 40.4. The minimum absolute atomic E-state index is 0.121. The zero-order valence-electron chi connectivity index (χ0n) is 31.3. The molecule has 11 atom stereocenters. The van der Waals surface area contributed by atoms with Gasteiger partial charge in [0.05, 0.1) is 18.8 Å². The molecule has 57 heavy (non-hydrogen) atoms. The molecule has 306 valence electrons. The Labute approximate surface area is 327 Å². The number of amides is 2. The molecule has 0 aromatic heterocycles. The maximum absolute atomic E-state index is 13.4. The molecule has 2 amide bonds. The highest BCUT2D eigenvalue weighted by Crippen LogP contribution is 2.57. The van der Waals surface area contributed by atoms with Gasteiger partial charge in [0.1, 0.15) is 71.7 Å². The van der Waals surface area contributed by atoms with Crippen LogP contribution in [0.15, 0.2) is 60.7 Å². The quantitative estimate of drug-likeness (QED) is 0.122. The van der Waals surface area contributed by atoms with Gasteiger partial charge in [-0.25, -0.2) is 4.79 Å². The zero-order chi connectivity index (χ0) is 40.8. The molecule has 3 aromatic carbocycles. The largest absolute Gasteiger partial charge is 0.462 e. The highest BCUT2D eigenvalue weighted by Gasteiger charge is 2.54. The summed E-state index contributed by atoms with van der Waals surface area (Å²) in [7, 11) is 0. The average molecular weight is 795 g/mol. The number of aliphatic hydroxyl groups excluding tert-OH is 6. The van der Waals surface area contributed by atoms with E-state index in [9.17, 15) is 45.0 Å². The summed E-state index contributed by atoms with van der Waals surface area (Å²) in [5.74, 6) is -1.34. The number of carbonyl (C=O) groups excluding carboxylic acids is 3. The van der Waals surface area contributed by atoms with Crippen molar-refractivity contribution >= 4 is 17.8 Å². The highest BCUT2D eigenvalue weighted by molar-refractivity contribution is 5.97. The summed E-state index contributed by atoms with van der Waals surface area (Å²) in [5.41, 5.74) is 0.165. The smallest absolute Gasteiger partial charge is 0.340 e. The lowest BCUT2D eigenvalue weighted by Crippen LogP contribution is -2.65. The number of carbonyl (C=O) groups is 3. The van der Waals surface area contributed by atoms with Gasteiger partial charge in [0.15, 0.2) is 5.60 Å². The van der Waals surface area contributed by atoms with E-state index in [0.717, 1.165) is 0 Å². The van der Waals surface area contributed by atoms with Crippen LogP contribution in [0.1, 0.15) is 60.7 Å². The Morgan fingerprint density at radius 2 is 1.28 bits per heavy atom. The molecule has 17 heteroatoms.